The van der Waals surface area contributed by atoms with Crippen LogP contribution in [-0.4, -0.2) is 5.54 Å². The van der Waals surface area contributed by atoms with E-state index in [1.54, 1.807) is 0 Å². The Morgan fingerprint density at radius 2 is 1.16 bits per heavy atom. The summed E-state index contributed by atoms with van der Waals surface area (Å²) in [6.45, 7) is 4.95. The number of benzene rings is 6. The van der Waals surface area contributed by atoms with Crippen LogP contribution in [0.1, 0.15) is 60.4 Å². The number of hydrogen-bond acceptors (Lipinski definition) is 1. The van der Waals surface area contributed by atoms with Gasteiger partial charge in [-0.25, -0.2) is 0 Å². The monoisotopic (exact) mass is 579 g/mol. The van der Waals surface area contributed by atoms with Gasteiger partial charge in [0.1, 0.15) is 0 Å². The Labute approximate surface area is 266 Å². The second-order valence-corrected chi connectivity index (χ2v) is 13.6. The fraction of sp³-hybridized carbons (Fsp3) is 0.182. The molecule has 0 radical (unpaired) electrons. The van der Waals surface area contributed by atoms with Crippen molar-refractivity contribution in [2.75, 3.05) is 4.90 Å². The minimum absolute atomic E-state index is 0.0943. The first-order chi connectivity index (χ1) is 22.1. The molecule has 6 aromatic carbocycles. The van der Waals surface area contributed by atoms with E-state index in [1.165, 1.54) is 74.3 Å². The minimum Gasteiger partial charge on any atom is -0.335 e. The summed E-state index contributed by atoms with van der Waals surface area (Å²) >= 11 is 0. The van der Waals surface area contributed by atoms with Gasteiger partial charge in [0.05, 0.1) is 5.41 Å². The Balaban J connectivity index is 1.26. The van der Waals surface area contributed by atoms with Gasteiger partial charge in [0.25, 0.3) is 0 Å². The first-order valence-electron chi connectivity index (χ1n) is 16.5. The van der Waals surface area contributed by atoms with Crippen LogP contribution in [0.4, 0.5) is 11.4 Å². The molecule has 1 aliphatic heterocycles. The maximum atomic E-state index is 2.65. The van der Waals surface area contributed by atoms with Crippen molar-refractivity contribution in [3.05, 3.63) is 179 Å². The van der Waals surface area contributed by atoms with Gasteiger partial charge < -0.3 is 4.90 Å². The average molecular weight is 580 g/mol. The van der Waals surface area contributed by atoms with Crippen LogP contribution in [-0.2, 0) is 5.41 Å². The smallest absolute Gasteiger partial charge is 0.0713 e. The van der Waals surface area contributed by atoms with Gasteiger partial charge in [-0.3, -0.25) is 0 Å². The molecule has 2 aliphatic carbocycles. The number of hydrogen-bond donors (Lipinski definition) is 0. The summed E-state index contributed by atoms with van der Waals surface area (Å²) < 4.78 is 0. The highest BCUT2D eigenvalue weighted by Crippen LogP contribution is 2.62. The Kier molecular flexibility index (Phi) is 5.78. The van der Waals surface area contributed by atoms with Crippen molar-refractivity contribution in [1.29, 1.82) is 0 Å². The van der Waals surface area contributed by atoms with Crippen molar-refractivity contribution in [2.45, 2.75) is 43.6 Å². The number of rotatable bonds is 4. The van der Waals surface area contributed by atoms with Crippen molar-refractivity contribution in [2.24, 2.45) is 5.92 Å². The Bertz CT molecular complexity index is 2010. The zero-order valence-corrected chi connectivity index (χ0v) is 25.9. The molecule has 1 heteroatoms. The van der Waals surface area contributed by atoms with Crippen LogP contribution >= 0.6 is 0 Å². The zero-order chi connectivity index (χ0) is 30.2. The minimum atomic E-state index is -0.385. The number of anilines is 2. The van der Waals surface area contributed by atoms with Crippen LogP contribution in [0.2, 0.25) is 0 Å². The lowest BCUT2D eigenvalue weighted by Gasteiger charge is -2.38. The van der Waals surface area contributed by atoms with Gasteiger partial charge in [-0.05, 0) is 106 Å². The Morgan fingerprint density at radius 3 is 1.87 bits per heavy atom. The van der Waals surface area contributed by atoms with Crippen molar-refractivity contribution < 1.29 is 0 Å². The zero-order valence-electron chi connectivity index (χ0n) is 25.9. The van der Waals surface area contributed by atoms with Crippen molar-refractivity contribution in [1.82, 2.24) is 0 Å². The lowest BCUT2D eigenvalue weighted by Crippen LogP contribution is -2.40. The predicted molar refractivity (Wildman–Crippen MR) is 187 cm³/mol. The van der Waals surface area contributed by atoms with E-state index in [0.29, 0.717) is 11.8 Å². The van der Waals surface area contributed by atoms with Crippen molar-refractivity contribution >= 4 is 11.4 Å². The molecule has 1 heterocycles. The van der Waals surface area contributed by atoms with Crippen LogP contribution in [0.5, 0.6) is 0 Å². The summed E-state index contributed by atoms with van der Waals surface area (Å²) in [7, 11) is 0. The molecule has 1 fully saturated rings. The van der Waals surface area contributed by atoms with E-state index < -0.39 is 0 Å². The lowest BCUT2D eigenvalue weighted by atomic mass is 9.67. The molecule has 0 amide bonds. The van der Waals surface area contributed by atoms with Gasteiger partial charge >= 0.3 is 0 Å². The summed E-state index contributed by atoms with van der Waals surface area (Å²) in [5.74, 6) is 1.16. The van der Waals surface area contributed by atoms with E-state index in [-0.39, 0.29) is 11.0 Å². The van der Waals surface area contributed by atoms with Gasteiger partial charge in [-0.15, -0.1) is 0 Å². The summed E-state index contributed by atoms with van der Waals surface area (Å²) in [6.07, 6.45) is 2.48. The molecular weight excluding hydrogens is 542 g/mol. The van der Waals surface area contributed by atoms with E-state index in [2.05, 4.69) is 170 Å². The molecular formula is C44H37N. The van der Waals surface area contributed by atoms with Crippen LogP contribution in [0.15, 0.2) is 152 Å². The molecule has 218 valence electrons. The largest absolute Gasteiger partial charge is 0.335 e. The average Bonchev–Trinajstić information content (AvgIpc) is 3.67. The van der Waals surface area contributed by atoms with Crippen molar-refractivity contribution in [3.63, 3.8) is 0 Å². The van der Waals surface area contributed by atoms with E-state index in [4.69, 9.17) is 0 Å². The molecule has 3 aliphatic rings. The summed E-state index contributed by atoms with van der Waals surface area (Å²) in [5.41, 5.74) is 14.5. The highest BCUT2D eigenvalue weighted by Gasteiger charge is 2.54. The first kappa shape index (κ1) is 26.5. The second kappa shape index (κ2) is 9.81. The van der Waals surface area contributed by atoms with Crippen LogP contribution < -0.4 is 4.90 Å². The van der Waals surface area contributed by atoms with E-state index in [9.17, 15) is 0 Å². The Hall–Kier alpha value is -4.88. The summed E-state index contributed by atoms with van der Waals surface area (Å²) in [6, 6.07) is 56.8. The normalized spacial score (nSPS) is 22.0. The number of nitrogens with zero attached hydrogens (tertiary/aromatic N) is 1. The third-order valence-electron chi connectivity index (χ3n) is 11.3. The molecule has 1 saturated carbocycles. The van der Waals surface area contributed by atoms with Gasteiger partial charge in [0, 0.05) is 22.8 Å². The molecule has 45 heavy (non-hydrogen) atoms. The highest BCUT2D eigenvalue weighted by molar-refractivity contribution is 5.89. The molecule has 0 bridgehead atoms. The number of para-hydroxylation sites is 1. The first-order valence-corrected chi connectivity index (χ1v) is 16.5. The summed E-state index contributed by atoms with van der Waals surface area (Å²) in [4.78, 5) is 2.65. The SMILES string of the molecule is CC1CCC2(C)C1c1cc(-c3ccc4c(c3)C(c3ccccc3)(c3ccccc3)c3ccccc3-4)ccc1N2c1ccccc1. The van der Waals surface area contributed by atoms with Gasteiger partial charge in [0.2, 0.25) is 0 Å². The maximum Gasteiger partial charge on any atom is 0.0713 e. The molecule has 9 rings (SSSR count). The van der Waals surface area contributed by atoms with Gasteiger partial charge in [0.15, 0.2) is 0 Å². The van der Waals surface area contributed by atoms with Gasteiger partial charge in [-0.2, -0.15) is 0 Å². The third-order valence-corrected chi connectivity index (χ3v) is 11.3. The maximum absolute atomic E-state index is 2.65. The standard InChI is InChI=1S/C44H37N/c1-30-26-27-43(2)42(30)38-28-31(23-25-41(38)45(43)35-18-10-5-11-19-35)32-22-24-37-36-20-12-13-21-39(36)44(40(37)29-32,33-14-6-3-7-15-33)34-16-8-4-9-17-34/h3-25,28-30,42H,26-27H2,1-2H3. The quantitative estimate of drug-likeness (QED) is 0.200. The topological polar surface area (TPSA) is 3.24 Å². The predicted octanol–water partition coefficient (Wildman–Crippen LogP) is 11.1. The lowest BCUT2D eigenvalue weighted by molar-refractivity contribution is 0.414. The molecule has 6 aromatic rings. The molecule has 0 N–H and O–H groups in total. The van der Waals surface area contributed by atoms with Crippen LogP contribution in [0.25, 0.3) is 22.3 Å². The van der Waals surface area contributed by atoms with Crippen molar-refractivity contribution in [3.8, 4) is 22.3 Å². The third kappa shape index (κ3) is 3.61. The Morgan fingerprint density at radius 1 is 0.578 bits per heavy atom. The second-order valence-electron chi connectivity index (χ2n) is 13.6. The fourth-order valence-corrected chi connectivity index (χ4v) is 9.44. The van der Waals surface area contributed by atoms with E-state index in [0.717, 1.165) is 0 Å². The molecule has 3 unspecified atom stereocenters. The molecule has 0 spiro atoms. The van der Waals surface area contributed by atoms with E-state index in [1.807, 2.05) is 0 Å². The van der Waals surface area contributed by atoms with Crippen LogP contribution in [0.3, 0.4) is 0 Å². The molecule has 0 saturated heterocycles. The van der Waals surface area contributed by atoms with Crippen LogP contribution in [0, 0.1) is 5.92 Å². The highest BCUT2D eigenvalue weighted by atomic mass is 15.2. The van der Waals surface area contributed by atoms with Gasteiger partial charge in [-0.1, -0.05) is 128 Å². The molecule has 1 nitrogen and oxygen atoms in total. The van der Waals surface area contributed by atoms with E-state index >= 15 is 0 Å². The fourth-order valence-electron chi connectivity index (χ4n) is 9.44. The molecule has 0 aromatic heterocycles. The number of fused-ring (bicyclic) bond motifs is 6. The molecule has 3 atom stereocenters. The summed E-state index contributed by atoms with van der Waals surface area (Å²) in [5, 5.41) is 0.